The molecule has 1 aromatic rings. The molecule has 1 aromatic carbocycles. The Kier molecular flexibility index (Phi) is 4.25. The molecule has 3 heteroatoms. The summed E-state index contributed by atoms with van der Waals surface area (Å²) in [6, 6.07) is 10.2. The van der Waals surface area contributed by atoms with Gasteiger partial charge >= 0.3 is 5.97 Å². The SMILES string of the molecule is CCC(=O)O[C@@]1(c2ccccc2)CN(C)C[C@@H]1CC. The Morgan fingerprint density at radius 1 is 1.37 bits per heavy atom. The molecule has 0 spiro atoms. The zero-order valence-electron chi connectivity index (χ0n) is 12.1. The molecule has 1 aliphatic rings. The lowest BCUT2D eigenvalue weighted by Gasteiger charge is -2.34. The fourth-order valence-electron chi connectivity index (χ4n) is 3.07. The van der Waals surface area contributed by atoms with Gasteiger partial charge in [-0.1, -0.05) is 44.2 Å². The highest BCUT2D eigenvalue weighted by atomic mass is 16.6. The van der Waals surface area contributed by atoms with Crippen LogP contribution in [0.4, 0.5) is 0 Å². The number of benzene rings is 1. The minimum absolute atomic E-state index is 0.113. The Morgan fingerprint density at radius 3 is 2.63 bits per heavy atom. The number of hydrogen-bond acceptors (Lipinski definition) is 3. The Bertz CT molecular complexity index is 432. The molecule has 0 aromatic heterocycles. The van der Waals surface area contributed by atoms with Crippen molar-refractivity contribution < 1.29 is 9.53 Å². The van der Waals surface area contributed by atoms with E-state index in [-0.39, 0.29) is 5.97 Å². The Labute approximate surface area is 115 Å². The van der Waals surface area contributed by atoms with Crippen molar-refractivity contribution in [3.63, 3.8) is 0 Å². The number of hydrogen-bond donors (Lipinski definition) is 0. The number of likely N-dealkylation sites (tertiary alicyclic amines) is 1. The molecule has 3 nitrogen and oxygen atoms in total. The van der Waals surface area contributed by atoms with E-state index in [0.717, 1.165) is 25.1 Å². The molecule has 1 fully saturated rings. The molecule has 0 radical (unpaired) electrons. The lowest BCUT2D eigenvalue weighted by atomic mass is 9.82. The fraction of sp³-hybridized carbons (Fsp3) is 0.562. The molecular weight excluding hydrogens is 238 g/mol. The van der Waals surface area contributed by atoms with Gasteiger partial charge in [0, 0.05) is 25.4 Å². The minimum atomic E-state index is -0.474. The van der Waals surface area contributed by atoms with E-state index in [1.807, 2.05) is 25.1 Å². The molecule has 1 saturated heterocycles. The van der Waals surface area contributed by atoms with Crippen LogP contribution in [0, 0.1) is 5.92 Å². The Morgan fingerprint density at radius 2 is 2.05 bits per heavy atom. The Balaban J connectivity index is 2.41. The van der Waals surface area contributed by atoms with Crippen molar-refractivity contribution in [3.05, 3.63) is 35.9 Å². The van der Waals surface area contributed by atoms with E-state index in [9.17, 15) is 4.79 Å². The second-order valence-corrected chi connectivity index (χ2v) is 5.39. The zero-order valence-corrected chi connectivity index (χ0v) is 12.1. The van der Waals surface area contributed by atoms with Crippen molar-refractivity contribution in [2.75, 3.05) is 20.1 Å². The number of likely N-dealkylation sites (N-methyl/N-ethyl adjacent to an activating group) is 1. The summed E-state index contributed by atoms with van der Waals surface area (Å²) in [7, 11) is 2.09. The van der Waals surface area contributed by atoms with Crippen molar-refractivity contribution >= 4 is 5.97 Å². The second-order valence-electron chi connectivity index (χ2n) is 5.39. The molecule has 0 bridgehead atoms. The minimum Gasteiger partial charge on any atom is -0.452 e. The highest BCUT2D eigenvalue weighted by Crippen LogP contribution is 2.41. The van der Waals surface area contributed by atoms with Gasteiger partial charge in [0.15, 0.2) is 5.60 Å². The van der Waals surface area contributed by atoms with Crippen LogP contribution in [0.3, 0.4) is 0 Å². The van der Waals surface area contributed by atoms with Crippen LogP contribution < -0.4 is 0 Å². The Hall–Kier alpha value is -1.35. The van der Waals surface area contributed by atoms with Crippen LogP contribution in [-0.4, -0.2) is 31.0 Å². The van der Waals surface area contributed by atoms with Crippen molar-refractivity contribution in [2.45, 2.75) is 32.3 Å². The topological polar surface area (TPSA) is 29.5 Å². The van der Waals surface area contributed by atoms with E-state index in [1.165, 1.54) is 0 Å². The van der Waals surface area contributed by atoms with E-state index in [0.29, 0.717) is 12.3 Å². The smallest absolute Gasteiger partial charge is 0.306 e. The van der Waals surface area contributed by atoms with Gasteiger partial charge in [0.1, 0.15) is 0 Å². The van der Waals surface area contributed by atoms with Crippen LogP contribution in [0.15, 0.2) is 30.3 Å². The van der Waals surface area contributed by atoms with E-state index in [2.05, 4.69) is 31.0 Å². The summed E-state index contributed by atoms with van der Waals surface area (Å²) in [5.74, 6) is 0.244. The van der Waals surface area contributed by atoms with Crippen LogP contribution in [0.1, 0.15) is 32.3 Å². The predicted octanol–water partition coefficient (Wildman–Crippen LogP) is 2.81. The first-order valence-electron chi connectivity index (χ1n) is 7.08. The first-order chi connectivity index (χ1) is 9.12. The third-order valence-electron chi connectivity index (χ3n) is 4.04. The number of carbonyl (C=O) groups excluding carboxylic acids is 1. The molecule has 2 rings (SSSR count). The quantitative estimate of drug-likeness (QED) is 0.781. The van der Waals surface area contributed by atoms with Gasteiger partial charge in [0.2, 0.25) is 0 Å². The third kappa shape index (κ3) is 2.66. The van der Waals surface area contributed by atoms with Gasteiger partial charge in [-0.15, -0.1) is 0 Å². The van der Waals surface area contributed by atoms with E-state index < -0.39 is 5.60 Å². The average Bonchev–Trinajstić information content (AvgIpc) is 2.76. The average molecular weight is 261 g/mol. The highest BCUT2D eigenvalue weighted by Gasteiger charge is 2.48. The van der Waals surface area contributed by atoms with Gasteiger partial charge in [-0.05, 0) is 19.0 Å². The summed E-state index contributed by atoms with van der Waals surface area (Å²) >= 11 is 0. The maximum atomic E-state index is 11.9. The normalized spacial score (nSPS) is 27.4. The molecule has 0 aliphatic carbocycles. The summed E-state index contributed by atoms with van der Waals surface area (Å²) in [6.07, 6.45) is 1.44. The number of carbonyl (C=O) groups is 1. The zero-order chi connectivity index (χ0) is 13.9. The van der Waals surface area contributed by atoms with Gasteiger partial charge in [0.25, 0.3) is 0 Å². The van der Waals surface area contributed by atoms with Crippen molar-refractivity contribution in [1.29, 1.82) is 0 Å². The fourth-order valence-corrected chi connectivity index (χ4v) is 3.07. The summed E-state index contributed by atoms with van der Waals surface area (Å²) in [5.41, 5.74) is 0.644. The molecule has 0 N–H and O–H groups in total. The molecule has 0 unspecified atom stereocenters. The third-order valence-corrected chi connectivity index (χ3v) is 4.04. The lowest BCUT2D eigenvalue weighted by molar-refractivity contribution is -0.164. The predicted molar refractivity (Wildman–Crippen MR) is 75.8 cm³/mol. The number of ether oxygens (including phenoxy) is 1. The first-order valence-corrected chi connectivity index (χ1v) is 7.08. The number of rotatable bonds is 4. The largest absolute Gasteiger partial charge is 0.452 e. The van der Waals surface area contributed by atoms with Gasteiger partial charge in [-0.25, -0.2) is 0 Å². The van der Waals surface area contributed by atoms with E-state index >= 15 is 0 Å². The first kappa shape index (κ1) is 14.1. The number of nitrogens with zero attached hydrogens (tertiary/aromatic N) is 1. The molecule has 0 saturated carbocycles. The molecular formula is C16H23NO2. The molecule has 19 heavy (non-hydrogen) atoms. The molecule has 1 aliphatic heterocycles. The standard InChI is InChI=1S/C16H23NO2/c1-4-13-11-17(3)12-16(13,19-15(18)5-2)14-9-7-6-8-10-14/h6-10,13H,4-5,11-12H2,1-3H3/t13-,16-/m0/s1. The molecule has 0 amide bonds. The van der Waals surface area contributed by atoms with Gasteiger partial charge < -0.3 is 9.64 Å². The second kappa shape index (κ2) is 5.74. The molecule has 2 atom stereocenters. The summed E-state index contributed by atoms with van der Waals surface area (Å²) in [4.78, 5) is 14.1. The summed E-state index contributed by atoms with van der Waals surface area (Å²) < 4.78 is 5.93. The van der Waals surface area contributed by atoms with Crippen molar-refractivity contribution in [2.24, 2.45) is 5.92 Å². The lowest BCUT2D eigenvalue weighted by Crippen LogP contribution is -2.40. The molecule has 1 heterocycles. The summed E-state index contributed by atoms with van der Waals surface area (Å²) in [5, 5.41) is 0. The summed E-state index contributed by atoms with van der Waals surface area (Å²) in [6.45, 7) is 5.77. The van der Waals surface area contributed by atoms with Crippen molar-refractivity contribution in [3.8, 4) is 0 Å². The van der Waals surface area contributed by atoms with E-state index in [1.54, 1.807) is 0 Å². The maximum Gasteiger partial charge on any atom is 0.306 e. The van der Waals surface area contributed by atoms with Gasteiger partial charge in [-0.3, -0.25) is 4.79 Å². The van der Waals surface area contributed by atoms with Gasteiger partial charge in [0.05, 0.1) is 0 Å². The van der Waals surface area contributed by atoms with Crippen LogP contribution >= 0.6 is 0 Å². The van der Waals surface area contributed by atoms with E-state index in [4.69, 9.17) is 4.74 Å². The number of esters is 1. The molecule has 104 valence electrons. The maximum absolute atomic E-state index is 11.9. The van der Waals surface area contributed by atoms with Crippen LogP contribution in [0.25, 0.3) is 0 Å². The monoisotopic (exact) mass is 261 g/mol. The van der Waals surface area contributed by atoms with Crippen LogP contribution in [0.5, 0.6) is 0 Å². The highest BCUT2D eigenvalue weighted by molar-refractivity contribution is 5.70. The van der Waals surface area contributed by atoms with Crippen LogP contribution in [-0.2, 0) is 15.1 Å². The van der Waals surface area contributed by atoms with Gasteiger partial charge in [-0.2, -0.15) is 0 Å². The van der Waals surface area contributed by atoms with Crippen LogP contribution in [0.2, 0.25) is 0 Å². The van der Waals surface area contributed by atoms with Crippen molar-refractivity contribution in [1.82, 2.24) is 4.90 Å².